The van der Waals surface area contributed by atoms with E-state index >= 15 is 0 Å². The highest BCUT2D eigenvalue weighted by Gasteiger charge is 2.30. The Kier molecular flexibility index (Phi) is 6.48. The van der Waals surface area contributed by atoms with Crippen LogP contribution < -0.4 is 0 Å². The van der Waals surface area contributed by atoms with E-state index in [4.69, 9.17) is 0 Å². The van der Waals surface area contributed by atoms with Gasteiger partial charge in [-0.05, 0) is 26.0 Å². The fraction of sp³-hybridized carbons (Fsp3) is 0.438. The molecule has 4 nitrogen and oxygen atoms in total. The molecule has 0 aliphatic heterocycles. The molecule has 0 atom stereocenters. The van der Waals surface area contributed by atoms with Crippen molar-refractivity contribution in [2.24, 2.45) is 0 Å². The van der Waals surface area contributed by atoms with Crippen LogP contribution in [0.3, 0.4) is 0 Å². The van der Waals surface area contributed by atoms with E-state index in [0.29, 0.717) is 13.1 Å². The third-order valence-electron chi connectivity index (χ3n) is 3.36. The second-order valence-corrected chi connectivity index (χ2v) is 4.96. The van der Waals surface area contributed by atoms with Crippen LogP contribution in [0.5, 0.6) is 0 Å². The molecular weight excluding hydrogens is 311 g/mol. The van der Waals surface area contributed by atoms with Gasteiger partial charge in [-0.15, -0.1) is 0 Å². The van der Waals surface area contributed by atoms with Gasteiger partial charge in [0.2, 0.25) is 5.91 Å². The zero-order valence-corrected chi connectivity index (χ0v) is 12.9. The number of hydrogen-bond acceptors (Lipinski definition) is 3. The highest BCUT2D eigenvalue weighted by molar-refractivity contribution is 6.12. The van der Waals surface area contributed by atoms with Crippen LogP contribution in [0.4, 0.5) is 13.2 Å². The van der Waals surface area contributed by atoms with Gasteiger partial charge in [0.25, 0.3) is 0 Å². The fourth-order valence-corrected chi connectivity index (χ4v) is 2.05. The molecule has 0 aliphatic rings. The van der Waals surface area contributed by atoms with Gasteiger partial charge in [0, 0.05) is 18.7 Å². The Morgan fingerprint density at radius 3 is 1.91 bits per heavy atom. The Morgan fingerprint density at radius 2 is 1.48 bits per heavy atom. The number of carbonyl (C=O) groups excluding carboxylic acids is 3. The van der Waals surface area contributed by atoms with Gasteiger partial charge in [0.15, 0.2) is 5.78 Å². The van der Waals surface area contributed by atoms with Crippen molar-refractivity contribution in [1.82, 2.24) is 4.90 Å². The normalized spacial score (nSPS) is 11.2. The lowest BCUT2D eigenvalue weighted by atomic mass is 10.0. The topological polar surface area (TPSA) is 54.5 Å². The zero-order valence-electron chi connectivity index (χ0n) is 12.9. The Morgan fingerprint density at radius 1 is 0.957 bits per heavy atom. The molecule has 0 saturated heterocycles. The van der Waals surface area contributed by atoms with Crippen LogP contribution in [0.15, 0.2) is 24.3 Å². The highest BCUT2D eigenvalue weighted by Crippen LogP contribution is 2.29. The molecule has 1 rings (SSSR count). The number of benzene rings is 1. The molecule has 7 heteroatoms. The average Bonchev–Trinajstić information content (AvgIpc) is 2.47. The third kappa shape index (κ3) is 5.50. The van der Waals surface area contributed by atoms with E-state index in [0.717, 1.165) is 24.3 Å². The van der Waals surface area contributed by atoms with Gasteiger partial charge in [0.05, 0.1) is 18.4 Å². The molecule has 0 spiro atoms. The Labute approximate surface area is 132 Å². The number of ketones is 2. The molecule has 0 saturated carbocycles. The van der Waals surface area contributed by atoms with Crippen molar-refractivity contribution in [2.45, 2.75) is 32.9 Å². The maximum atomic E-state index is 12.4. The van der Waals surface area contributed by atoms with Crippen molar-refractivity contribution in [3.05, 3.63) is 35.4 Å². The Hall–Kier alpha value is -2.18. The van der Waals surface area contributed by atoms with Gasteiger partial charge < -0.3 is 4.90 Å². The number of nitrogens with zero attached hydrogens (tertiary/aromatic N) is 1. The standard InChI is InChI=1S/C16H18F3NO3/c1-3-20(4-2)15(23)10-13(21)9-14(22)11-5-7-12(8-6-11)16(17,18)19/h5-8H,3-4,9-10H2,1-2H3. The smallest absolute Gasteiger partial charge is 0.343 e. The zero-order chi connectivity index (χ0) is 17.6. The number of amides is 1. The largest absolute Gasteiger partial charge is 0.416 e. The molecule has 0 aliphatic carbocycles. The molecule has 0 radical (unpaired) electrons. The summed E-state index contributed by atoms with van der Waals surface area (Å²) in [5.41, 5.74) is -0.848. The molecule has 0 bridgehead atoms. The van der Waals surface area contributed by atoms with Gasteiger partial charge in [-0.2, -0.15) is 13.2 Å². The third-order valence-corrected chi connectivity index (χ3v) is 3.36. The lowest BCUT2D eigenvalue weighted by Gasteiger charge is -2.17. The van der Waals surface area contributed by atoms with Crippen LogP contribution in [-0.2, 0) is 15.8 Å². The molecule has 126 valence electrons. The summed E-state index contributed by atoms with van der Waals surface area (Å²) in [4.78, 5) is 36.9. The Bertz CT molecular complexity index is 575. The summed E-state index contributed by atoms with van der Waals surface area (Å²) < 4.78 is 37.3. The number of Topliss-reactive ketones (excluding diaryl/α,β-unsaturated/α-hetero) is 2. The van der Waals surface area contributed by atoms with E-state index in [-0.39, 0.29) is 17.9 Å². The maximum Gasteiger partial charge on any atom is 0.416 e. The Balaban J connectivity index is 2.65. The number of carbonyl (C=O) groups is 3. The average molecular weight is 329 g/mol. The minimum absolute atomic E-state index is 0.0154. The van der Waals surface area contributed by atoms with Crippen LogP contribution in [0.2, 0.25) is 0 Å². The summed E-state index contributed by atoms with van der Waals surface area (Å²) in [6.07, 6.45) is -5.36. The molecular formula is C16H18F3NO3. The van der Waals surface area contributed by atoms with E-state index < -0.39 is 29.7 Å². The molecule has 0 aromatic heterocycles. The van der Waals surface area contributed by atoms with E-state index in [1.165, 1.54) is 4.90 Å². The van der Waals surface area contributed by atoms with Crippen molar-refractivity contribution in [2.75, 3.05) is 13.1 Å². The summed E-state index contributed by atoms with van der Waals surface area (Å²) in [7, 11) is 0. The van der Waals surface area contributed by atoms with Crippen molar-refractivity contribution >= 4 is 17.5 Å². The van der Waals surface area contributed by atoms with Crippen LogP contribution in [0.1, 0.15) is 42.6 Å². The van der Waals surface area contributed by atoms with Crippen molar-refractivity contribution < 1.29 is 27.6 Å². The summed E-state index contributed by atoms with van der Waals surface area (Å²) in [5, 5.41) is 0. The van der Waals surface area contributed by atoms with E-state index in [9.17, 15) is 27.6 Å². The van der Waals surface area contributed by atoms with E-state index in [1.807, 2.05) is 0 Å². The summed E-state index contributed by atoms with van der Waals surface area (Å²) >= 11 is 0. The van der Waals surface area contributed by atoms with Crippen molar-refractivity contribution in [3.63, 3.8) is 0 Å². The first kappa shape index (κ1) is 18.9. The summed E-state index contributed by atoms with van der Waals surface area (Å²) in [5.74, 6) is -1.51. The lowest BCUT2D eigenvalue weighted by Crippen LogP contribution is -2.32. The minimum atomic E-state index is -4.48. The molecule has 23 heavy (non-hydrogen) atoms. The first-order chi connectivity index (χ1) is 10.7. The summed E-state index contributed by atoms with van der Waals surface area (Å²) in [6, 6.07) is 3.65. The fourth-order valence-electron chi connectivity index (χ4n) is 2.05. The molecule has 0 unspecified atom stereocenters. The summed E-state index contributed by atoms with van der Waals surface area (Å²) in [6.45, 7) is 4.49. The van der Waals surface area contributed by atoms with E-state index in [1.54, 1.807) is 13.8 Å². The van der Waals surface area contributed by atoms with Gasteiger partial charge in [0.1, 0.15) is 5.78 Å². The van der Waals surface area contributed by atoms with Crippen LogP contribution in [-0.4, -0.2) is 35.5 Å². The van der Waals surface area contributed by atoms with Crippen LogP contribution in [0.25, 0.3) is 0 Å². The number of alkyl halides is 3. The lowest BCUT2D eigenvalue weighted by molar-refractivity contribution is -0.138. The van der Waals surface area contributed by atoms with Gasteiger partial charge in [-0.3, -0.25) is 14.4 Å². The van der Waals surface area contributed by atoms with Gasteiger partial charge in [-0.25, -0.2) is 0 Å². The highest BCUT2D eigenvalue weighted by atomic mass is 19.4. The van der Waals surface area contributed by atoms with Crippen molar-refractivity contribution in [3.8, 4) is 0 Å². The predicted molar refractivity (Wildman–Crippen MR) is 77.9 cm³/mol. The quantitative estimate of drug-likeness (QED) is 0.570. The number of rotatable bonds is 7. The second-order valence-electron chi connectivity index (χ2n) is 4.96. The van der Waals surface area contributed by atoms with E-state index in [2.05, 4.69) is 0 Å². The molecule has 1 aromatic carbocycles. The van der Waals surface area contributed by atoms with Gasteiger partial charge in [-0.1, -0.05) is 12.1 Å². The number of hydrogen-bond donors (Lipinski definition) is 0. The van der Waals surface area contributed by atoms with Gasteiger partial charge >= 0.3 is 6.18 Å². The molecule has 1 amide bonds. The van der Waals surface area contributed by atoms with Crippen LogP contribution >= 0.6 is 0 Å². The SMILES string of the molecule is CCN(CC)C(=O)CC(=O)CC(=O)c1ccc(C(F)(F)F)cc1. The molecule has 1 aromatic rings. The second kappa shape index (κ2) is 7.89. The maximum absolute atomic E-state index is 12.4. The predicted octanol–water partition coefficient (Wildman–Crippen LogP) is 3.11. The monoisotopic (exact) mass is 329 g/mol. The molecule has 0 fully saturated rings. The molecule has 0 N–H and O–H groups in total. The number of halogens is 3. The molecule has 0 heterocycles. The first-order valence-corrected chi connectivity index (χ1v) is 7.19. The minimum Gasteiger partial charge on any atom is -0.343 e. The first-order valence-electron chi connectivity index (χ1n) is 7.19. The van der Waals surface area contributed by atoms with Crippen LogP contribution in [0, 0.1) is 0 Å². The van der Waals surface area contributed by atoms with Crippen molar-refractivity contribution in [1.29, 1.82) is 0 Å².